The van der Waals surface area contributed by atoms with Crippen molar-refractivity contribution >= 4 is 15.9 Å². The van der Waals surface area contributed by atoms with E-state index in [1.54, 1.807) is 18.2 Å². The molecule has 0 radical (unpaired) electrons. The maximum atomic E-state index is 12.4. The predicted octanol–water partition coefficient (Wildman–Crippen LogP) is 1.11. The van der Waals surface area contributed by atoms with Gasteiger partial charge in [0.25, 0.3) is 5.91 Å². The smallest absolute Gasteiger partial charge is 0.255 e. The fraction of sp³-hybridized carbons (Fsp3) is 0.562. The second-order valence-corrected chi connectivity index (χ2v) is 7.84. The predicted molar refractivity (Wildman–Crippen MR) is 91.0 cm³/mol. The van der Waals surface area contributed by atoms with E-state index in [4.69, 9.17) is 9.47 Å². The van der Waals surface area contributed by atoms with Crippen LogP contribution in [0.1, 0.15) is 23.2 Å². The Labute approximate surface area is 143 Å². The van der Waals surface area contributed by atoms with E-state index in [1.165, 1.54) is 24.8 Å². The Hall–Kier alpha value is -1.80. The maximum absolute atomic E-state index is 12.4. The van der Waals surface area contributed by atoms with Gasteiger partial charge in [0.05, 0.1) is 26.0 Å². The summed E-state index contributed by atoms with van der Waals surface area (Å²) in [5.41, 5.74) is 0.422. The van der Waals surface area contributed by atoms with Crippen LogP contribution in [0.5, 0.6) is 11.5 Å². The van der Waals surface area contributed by atoms with Crippen LogP contribution in [0.25, 0.3) is 0 Å². The third kappa shape index (κ3) is 4.39. The summed E-state index contributed by atoms with van der Waals surface area (Å²) >= 11 is 0. The molecular formula is C16H24N2O5S. The van der Waals surface area contributed by atoms with Gasteiger partial charge in [0.1, 0.15) is 0 Å². The summed E-state index contributed by atoms with van der Waals surface area (Å²) in [4.78, 5) is 12.4. The average molecular weight is 356 g/mol. The zero-order valence-corrected chi connectivity index (χ0v) is 15.1. The largest absolute Gasteiger partial charge is 0.493 e. The number of sulfonamides is 1. The molecule has 0 saturated carbocycles. The fourth-order valence-electron chi connectivity index (χ4n) is 2.84. The monoisotopic (exact) mass is 356 g/mol. The van der Waals surface area contributed by atoms with Crippen LogP contribution >= 0.6 is 0 Å². The summed E-state index contributed by atoms with van der Waals surface area (Å²) in [6.07, 6.45) is 2.70. The van der Waals surface area contributed by atoms with Gasteiger partial charge in [0.2, 0.25) is 10.0 Å². The van der Waals surface area contributed by atoms with E-state index in [2.05, 4.69) is 5.32 Å². The van der Waals surface area contributed by atoms with E-state index in [9.17, 15) is 13.2 Å². The highest BCUT2D eigenvalue weighted by Crippen LogP contribution is 2.30. The zero-order chi connectivity index (χ0) is 17.7. The Bertz CT molecular complexity index is 682. The van der Waals surface area contributed by atoms with E-state index in [-0.39, 0.29) is 11.8 Å². The van der Waals surface area contributed by atoms with Crippen molar-refractivity contribution < 1.29 is 22.7 Å². The van der Waals surface area contributed by atoms with Gasteiger partial charge in [-0.25, -0.2) is 12.7 Å². The normalized spacial score (nSPS) is 16.6. The number of amides is 1. The van der Waals surface area contributed by atoms with Crippen molar-refractivity contribution in [2.24, 2.45) is 5.92 Å². The third-order valence-corrected chi connectivity index (χ3v) is 5.54. The van der Waals surface area contributed by atoms with Crippen LogP contribution in [0.15, 0.2) is 18.2 Å². The van der Waals surface area contributed by atoms with E-state index in [1.807, 2.05) is 0 Å². The van der Waals surface area contributed by atoms with Gasteiger partial charge in [-0.15, -0.1) is 0 Å². The lowest BCUT2D eigenvalue weighted by Crippen LogP contribution is -2.41. The molecule has 1 aliphatic heterocycles. The number of para-hydroxylation sites is 1. The fourth-order valence-corrected chi connectivity index (χ4v) is 3.72. The first-order chi connectivity index (χ1) is 11.4. The Balaban J connectivity index is 1.93. The van der Waals surface area contributed by atoms with Gasteiger partial charge in [-0.3, -0.25) is 4.79 Å². The number of carbonyl (C=O) groups excluding carboxylic acids is 1. The molecule has 0 unspecified atom stereocenters. The molecular weight excluding hydrogens is 332 g/mol. The highest BCUT2D eigenvalue weighted by molar-refractivity contribution is 7.88. The van der Waals surface area contributed by atoms with Gasteiger partial charge in [-0.2, -0.15) is 0 Å². The molecule has 1 amide bonds. The van der Waals surface area contributed by atoms with Gasteiger partial charge < -0.3 is 14.8 Å². The van der Waals surface area contributed by atoms with Gasteiger partial charge >= 0.3 is 0 Å². The minimum atomic E-state index is -3.12. The van der Waals surface area contributed by atoms with Gasteiger partial charge in [-0.1, -0.05) is 6.07 Å². The standard InChI is InChI=1S/C16H24N2O5S/c1-22-14-6-4-5-13(15(14)23-2)16(19)17-11-12-7-9-18(10-8-12)24(3,20)21/h4-6,12H,7-11H2,1-3H3,(H,17,19). The molecule has 2 rings (SSSR count). The van der Waals surface area contributed by atoms with E-state index < -0.39 is 10.0 Å². The second-order valence-electron chi connectivity index (χ2n) is 5.86. The molecule has 1 fully saturated rings. The van der Waals surface area contributed by atoms with Crippen LogP contribution in [0.3, 0.4) is 0 Å². The molecule has 7 nitrogen and oxygen atoms in total. The average Bonchev–Trinajstić information content (AvgIpc) is 2.58. The molecule has 1 aromatic rings. The first-order valence-electron chi connectivity index (χ1n) is 7.81. The summed E-state index contributed by atoms with van der Waals surface area (Å²) in [6.45, 7) is 1.51. The zero-order valence-electron chi connectivity index (χ0n) is 14.2. The molecule has 0 atom stereocenters. The van der Waals surface area contributed by atoms with Crippen molar-refractivity contribution in [2.75, 3.05) is 40.1 Å². The van der Waals surface area contributed by atoms with E-state index >= 15 is 0 Å². The number of rotatable bonds is 6. The van der Waals surface area contributed by atoms with Crippen molar-refractivity contribution in [1.29, 1.82) is 0 Å². The number of carbonyl (C=O) groups is 1. The van der Waals surface area contributed by atoms with E-state index in [0.717, 1.165) is 12.8 Å². The molecule has 1 aliphatic rings. The number of hydrogen-bond acceptors (Lipinski definition) is 5. The highest BCUT2D eigenvalue weighted by Gasteiger charge is 2.25. The van der Waals surface area contributed by atoms with Crippen molar-refractivity contribution in [2.45, 2.75) is 12.8 Å². The Kier molecular flexibility index (Phi) is 6.06. The van der Waals surface area contributed by atoms with Gasteiger partial charge in [0, 0.05) is 19.6 Å². The molecule has 24 heavy (non-hydrogen) atoms. The molecule has 0 aromatic heterocycles. The number of hydrogen-bond donors (Lipinski definition) is 1. The first kappa shape index (κ1) is 18.5. The Morgan fingerprint density at radius 1 is 1.25 bits per heavy atom. The van der Waals surface area contributed by atoms with Crippen molar-refractivity contribution in [3.05, 3.63) is 23.8 Å². The summed E-state index contributed by atoms with van der Waals surface area (Å²) in [5.74, 6) is 0.954. The van der Waals surface area contributed by atoms with Crippen LogP contribution < -0.4 is 14.8 Å². The Morgan fingerprint density at radius 2 is 1.92 bits per heavy atom. The lowest BCUT2D eigenvalue weighted by atomic mass is 9.98. The SMILES string of the molecule is COc1cccc(C(=O)NCC2CCN(S(C)(=O)=O)CC2)c1OC. The number of nitrogens with one attached hydrogen (secondary N) is 1. The quantitative estimate of drug-likeness (QED) is 0.825. The number of ether oxygens (including phenoxy) is 2. The third-order valence-electron chi connectivity index (χ3n) is 4.24. The lowest BCUT2D eigenvalue weighted by Gasteiger charge is -2.30. The molecule has 1 N–H and O–H groups in total. The minimum Gasteiger partial charge on any atom is -0.493 e. The minimum absolute atomic E-state index is 0.226. The first-order valence-corrected chi connectivity index (χ1v) is 9.66. The topological polar surface area (TPSA) is 84.9 Å². The number of methoxy groups -OCH3 is 2. The molecule has 0 spiro atoms. The van der Waals surface area contributed by atoms with Gasteiger partial charge in [-0.05, 0) is 30.9 Å². The lowest BCUT2D eigenvalue weighted by molar-refractivity contribution is 0.0938. The summed E-state index contributed by atoms with van der Waals surface area (Å²) in [7, 11) is -0.106. The van der Waals surface area contributed by atoms with Crippen LogP contribution in [-0.2, 0) is 10.0 Å². The Morgan fingerprint density at radius 3 is 2.46 bits per heavy atom. The van der Waals surface area contributed by atoms with Crippen LogP contribution in [0.4, 0.5) is 0 Å². The molecule has 1 heterocycles. The summed E-state index contributed by atoms with van der Waals surface area (Å²) in [6, 6.07) is 5.15. The highest BCUT2D eigenvalue weighted by atomic mass is 32.2. The second kappa shape index (κ2) is 7.85. The van der Waals surface area contributed by atoms with Gasteiger partial charge in [0.15, 0.2) is 11.5 Å². The summed E-state index contributed by atoms with van der Waals surface area (Å²) < 4.78 is 35.0. The molecule has 1 saturated heterocycles. The molecule has 8 heteroatoms. The number of nitrogens with zero attached hydrogens (tertiary/aromatic N) is 1. The van der Waals surface area contributed by atoms with Crippen LogP contribution in [0.2, 0.25) is 0 Å². The van der Waals surface area contributed by atoms with Crippen LogP contribution in [0, 0.1) is 5.92 Å². The van der Waals surface area contributed by atoms with Crippen molar-refractivity contribution in [1.82, 2.24) is 9.62 Å². The maximum Gasteiger partial charge on any atom is 0.255 e. The van der Waals surface area contributed by atoms with Crippen molar-refractivity contribution in [3.8, 4) is 11.5 Å². The number of piperidine rings is 1. The molecule has 0 aliphatic carbocycles. The number of benzene rings is 1. The molecule has 1 aromatic carbocycles. The summed E-state index contributed by atoms with van der Waals surface area (Å²) in [5, 5.41) is 2.91. The van der Waals surface area contributed by atoms with Crippen LogP contribution in [-0.4, -0.2) is 58.7 Å². The molecule has 134 valence electrons. The van der Waals surface area contributed by atoms with Crippen molar-refractivity contribution in [3.63, 3.8) is 0 Å². The molecule has 0 bridgehead atoms. The van der Waals surface area contributed by atoms with E-state index in [0.29, 0.717) is 36.7 Å².